The van der Waals surface area contributed by atoms with E-state index in [1.165, 1.54) is 24.3 Å². The second kappa shape index (κ2) is 6.32. The van der Waals surface area contributed by atoms with Crippen LogP contribution < -0.4 is 10.5 Å². The number of ether oxygens (including phenoxy) is 1. The summed E-state index contributed by atoms with van der Waals surface area (Å²) in [6.07, 6.45) is -1.31. The second-order valence-corrected chi connectivity index (χ2v) is 4.38. The summed E-state index contributed by atoms with van der Waals surface area (Å²) in [4.78, 5) is 10.9. The minimum Gasteiger partial charge on any atom is -0.491 e. The van der Waals surface area contributed by atoms with E-state index in [1.54, 1.807) is 0 Å². The number of rotatable bonds is 5. The molecule has 2 aromatic carbocycles. The van der Waals surface area contributed by atoms with Crippen LogP contribution in [0.2, 0.25) is 0 Å². The van der Waals surface area contributed by atoms with Crippen LogP contribution in [0.3, 0.4) is 0 Å². The number of nitrogens with two attached hydrogens (primary N) is 1. The molecule has 2 rings (SSSR count). The fourth-order valence-electron chi connectivity index (χ4n) is 1.75. The molecule has 21 heavy (non-hydrogen) atoms. The SMILES string of the molecule is NC(=O)c1ccc(OCC(O)c2cc(F)ccc2F)cc1. The number of aliphatic hydroxyl groups is 1. The van der Waals surface area contributed by atoms with Gasteiger partial charge in [-0.3, -0.25) is 4.79 Å². The van der Waals surface area contributed by atoms with Crippen LogP contribution in [0.25, 0.3) is 0 Å². The van der Waals surface area contributed by atoms with Gasteiger partial charge < -0.3 is 15.6 Å². The molecule has 4 nitrogen and oxygen atoms in total. The molecule has 0 bridgehead atoms. The molecule has 0 fully saturated rings. The predicted molar refractivity (Wildman–Crippen MR) is 71.8 cm³/mol. The van der Waals surface area contributed by atoms with Gasteiger partial charge in [0.1, 0.15) is 30.1 Å². The molecule has 2 aromatic rings. The molecule has 3 N–H and O–H groups in total. The molecule has 0 aliphatic rings. The molecule has 0 aliphatic heterocycles. The zero-order chi connectivity index (χ0) is 15.4. The third-order valence-electron chi connectivity index (χ3n) is 2.86. The Morgan fingerprint density at radius 3 is 2.48 bits per heavy atom. The second-order valence-electron chi connectivity index (χ2n) is 4.38. The number of hydrogen-bond acceptors (Lipinski definition) is 3. The Bertz CT molecular complexity index is 644. The van der Waals surface area contributed by atoms with Crippen LogP contribution in [0.5, 0.6) is 5.75 Å². The van der Waals surface area contributed by atoms with Crippen LogP contribution in [0.4, 0.5) is 8.78 Å². The third kappa shape index (κ3) is 3.76. The molecule has 0 aliphatic carbocycles. The lowest BCUT2D eigenvalue weighted by atomic mass is 10.1. The van der Waals surface area contributed by atoms with Gasteiger partial charge in [-0.1, -0.05) is 0 Å². The van der Waals surface area contributed by atoms with Crippen LogP contribution in [0.15, 0.2) is 42.5 Å². The Morgan fingerprint density at radius 1 is 1.19 bits per heavy atom. The van der Waals surface area contributed by atoms with Gasteiger partial charge in [0.2, 0.25) is 5.91 Å². The van der Waals surface area contributed by atoms with E-state index < -0.39 is 23.6 Å². The lowest BCUT2D eigenvalue weighted by Gasteiger charge is -2.13. The monoisotopic (exact) mass is 293 g/mol. The first-order valence-corrected chi connectivity index (χ1v) is 6.13. The Labute approximate surface area is 119 Å². The molecule has 0 radical (unpaired) electrons. The van der Waals surface area contributed by atoms with Crippen molar-refractivity contribution in [3.63, 3.8) is 0 Å². The highest BCUT2D eigenvalue weighted by molar-refractivity contribution is 5.92. The van der Waals surface area contributed by atoms with E-state index in [9.17, 15) is 18.7 Å². The summed E-state index contributed by atoms with van der Waals surface area (Å²) in [5, 5.41) is 9.82. The van der Waals surface area contributed by atoms with E-state index in [-0.39, 0.29) is 12.2 Å². The van der Waals surface area contributed by atoms with Crippen molar-refractivity contribution in [2.75, 3.05) is 6.61 Å². The summed E-state index contributed by atoms with van der Waals surface area (Å²) in [5.41, 5.74) is 5.24. The molecular weight excluding hydrogens is 280 g/mol. The van der Waals surface area contributed by atoms with Gasteiger partial charge >= 0.3 is 0 Å². The van der Waals surface area contributed by atoms with Crippen molar-refractivity contribution < 1.29 is 23.4 Å². The molecule has 0 spiro atoms. The predicted octanol–water partition coefficient (Wildman–Crippen LogP) is 2.18. The van der Waals surface area contributed by atoms with Crippen molar-refractivity contribution in [2.24, 2.45) is 5.73 Å². The van der Waals surface area contributed by atoms with E-state index in [0.717, 1.165) is 18.2 Å². The lowest BCUT2D eigenvalue weighted by Crippen LogP contribution is -2.12. The average molecular weight is 293 g/mol. The largest absolute Gasteiger partial charge is 0.491 e. The van der Waals surface area contributed by atoms with E-state index in [4.69, 9.17) is 10.5 Å². The van der Waals surface area contributed by atoms with Crippen LogP contribution in [-0.4, -0.2) is 17.6 Å². The quantitative estimate of drug-likeness (QED) is 0.887. The van der Waals surface area contributed by atoms with Crippen molar-refractivity contribution in [2.45, 2.75) is 6.10 Å². The van der Waals surface area contributed by atoms with Gasteiger partial charge in [0.05, 0.1) is 0 Å². The van der Waals surface area contributed by atoms with Crippen LogP contribution in [-0.2, 0) is 0 Å². The molecule has 1 atom stereocenters. The Morgan fingerprint density at radius 2 is 1.86 bits per heavy atom. The molecule has 0 heterocycles. The first-order chi connectivity index (χ1) is 9.97. The molecule has 0 aromatic heterocycles. The van der Waals surface area contributed by atoms with Gasteiger partial charge in [0, 0.05) is 11.1 Å². The number of benzene rings is 2. The maximum absolute atomic E-state index is 13.5. The summed E-state index contributed by atoms with van der Waals surface area (Å²) < 4.78 is 31.7. The van der Waals surface area contributed by atoms with E-state index in [0.29, 0.717) is 11.3 Å². The topological polar surface area (TPSA) is 72.6 Å². The Hall–Kier alpha value is -2.47. The Balaban J connectivity index is 2.02. The smallest absolute Gasteiger partial charge is 0.248 e. The molecule has 1 amide bonds. The van der Waals surface area contributed by atoms with Gasteiger partial charge in [-0.2, -0.15) is 0 Å². The first-order valence-electron chi connectivity index (χ1n) is 6.13. The van der Waals surface area contributed by atoms with Gasteiger partial charge in [-0.25, -0.2) is 8.78 Å². The minimum atomic E-state index is -1.31. The minimum absolute atomic E-state index is 0.177. The summed E-state index contributed by atoms with van der Waals surface area (Å²) >= 11 is 0. The van der Waals surface area contributed by atoms with Crippen LogP contribution >= 0.6 is 0 Å². The zero-order valence-corrected chi connectivity index (χ0v) is 10.9. The van der Waals surface area contributed by atoms with Gasteiger partial charge in [-0.05, 0) is 42.5 Å². The number of carbonyl (C=O) groups excluding carboxylic acids is 1. The maximum Gasteiger partial charge on any atom is 0.248 e. The van der Waals surface area contributed by atoms with Gasteiger partial charge in [0.15, 0.2) is 0 Å². The van der Waals surface area contributed by atoms with Crippen molar-refractivity contribution in [1.29, 1.82) is 0 Å². The highest BCUT2D eigenvalue weighted by Gasteiger charge is 2.14. The summed E-state index contributed by atoms with van der Waals surface area (Å²) in [6, 6.07) is 8.74. The van der Waals surface area contributed by atoms with E-state index >= 15 is 0 Å². The summed E-state index contributed by atoms with van der Waals surface area (Å²) in [5.74, 6) is -1.55. The molecule has 0 saturated carbocycles. The van der Waals surface area contributed by atoms with Gasteiger partial charge in [-0.15, -0.1) is 0 Å². The molecule has 0 saturated heterocycles. The third-order valence-corrected chi connectivity index (χ3v) is 2.86. The van der Waals surface area contributed by atoms with Crippen molar-refractivity contribution in [3.8, 4) is 5.75 Å². The number of carbonyl (C=O) groups is 1. The zero-order valence-electron chi connectivity index (χ0n) is 10.9. The normalized spacial score (nSPS) is 12.0. The summed E-state index contributed by atoms with van der Waals surface area (Å²) in [6.45, 7) is -0.254. The number of primary amides is 1. The lowest BCUT2D eigenvalue weighted by molar-refractivity contribution is 0.0998. The van der Waals surface area contributed by atoms with Crippen LogP contribution in [0.1, 0.15) is 22.0 Å². The van der Waals surface area contributed by atoms with E-state index in [2.05, 4.69) is 0 Å². The first kappa shape index (κ1) is 14.9. The van der Waals surface area contributed by atoms with E-state index in [1.807, 2.05) is 0 Å². The molecule has 1 unspecified atom stereocenters. The highest BCUT2D eigenvalue weighted by atomic mass is 19.1. The summed E-state index contributed by atoms with van der Waals surface area (Å²) in [7, 11) is 0. The Kier molecular flexibility index (Phi) is 4.49. The molecule has 110 valence electrons. The number of hydrogen-bond donors (Lipinski definition) is 2. The average Bonchev–Trinajstić information content (AvgIpc) is 2.47. The fraction of sp³-hybridized carbons (Fsp3) is 0.133. The molecular formula is C15H13F2NO3. The van der Waals surface area contributed by atoms with Gasteiger partial charge in [0.25, 0.3) is 0 Å². The van der Waals surface area contributed by atoms with Crippen LogP contribution in [0, 0.1) is 11.6 Å². The number of halogens is 2. The maximum atomic E-state index is 13.5. The van der Waals surface area contributed by atoms with Crippen molar-refractivity contribution >= 4 is 5.91 Å². The molecule has 6 heteroatoms. The highest BCUT2D eigenvalue weighted by Crippen LogP contribution is 2.20. The number of amides is 1. The van der Waals surface area contributed by atoms with Crippen molar-refractivity contribution in [1.82, 2.24) is 0 Å². The standard InChI is InChI=1S/C15H13F2NO3/c16-10-3-6-13(17)12(7-10)14(19)8-21-11-4-1-9(2-5-11)15(18)20/h1-7,14,19H,8H2,(H2,18,20). The fourth-order valence-corrected chi connectivity index (χ4v) is 1.75. The number of aliphatic hydroxyl groups excluding tert-OH is 1. The van der Waals surface area contributed by atoms with Crippen molar-refractivity contribution in [3.05, 3.63) is 65.2 Å².